The van der Waals surface area contributed by atoms with E-state index in [1.54, 1.807) is 30.3 Å². The first-order valence-electron chi connectivity index (χ1n) is 10.9. The minimum atomic E-state index is -0.392. The van der Waals surface area contributed by atoms with Crippen LogP contribution in [-0.4, -0.2) is 17.8 Å². The smallest absolute Gasteiger partial charge is 0.308 e. The van der Waals surface area contributed by atoms with Crippen LogP contribution < -0.4 is 14.8 Å². The molecule has 4 rings (SSSR count). The first-order valence-corrected chi connectivity index (χ1v) is 11.8. The van der Waals surface area contributed by atoms with Gasteiger partial charge < -0.3 is 14.8 Å². The van der Waals surface area contributed by atoms with E-state index in [4.69, 9.17) is 9.47 Å². The Bertz CT molecular complexity index is 1270. The molecule has 0 unspecified atom stereocenters. The SMILES string of the molecule is CC(=O)Oc1ccc(C(c2ccc(OC(C)=O)cc2)c2ccccc2NC(=O)c2cccs2)cc1. The maximum atomic E-state index is 12.8. The van der Waals surface area contributed by atoms with Crippen LogP contribution in [0.15, 0.2) is 90.3 Å². The number of hydrogen-bond acceptors (Lipinski definition) is 6. The third kappa shape index (κ3) is 6.02. The van der Waals surface area contributed by atoms with Crippen LogP contribution in [0.3, 0.4) is 0 Å². The summed E-state index contributed by atoms with van der Waals surface area (Å²) >= 11 is 1.38. The summed E-state index contributed by atoms with van der Waals surface area (Å²) in [4.78, 5) is 36.1. The second kappa shape index (κ2) is 10.8. The van der Waals surface area contributed by atoms with E-state index in [9.17, 15) is 14.4 Å². The van der Waals surface area contributed by atoms with E-state index in [0.717, 1.165) is 16.7 Å². The summed E-state index contributed by atoms with van der Waals surface area (Å²) in [6.45, 7) is 2.71. The van der Waals surface area contributed by atoms with Gasteiger partial charge in [-0.2, -0.15) is 0 Å². The standard InChI is InChI=1S/C28H23NO5S/c1-18(30)33-22-13-9-20(10-14-22)27(21-11-15-23(16-12-21)34-19(2)31)24-6-3-4-7-25(24)29-28(32)26-8-5-17-35-26/h3-17,27H,1-2H3,(H,29,32). The second-order valence-corrected chi connectivity index (χ2v) is 8.72. The molecular formula is C28H23NO5S. The molecule has 1 N–H and O–H groups in total. The number of amides is 1. The third-order valence-corrected chi connectivity index (χ3v) is 6.08. The van der Waals surface area contributed by atoms with Crippen LogP contribution in [0, 0.1) is 0 Å². The lowest BCUT2D eigenvalue weighted by atomic mass is 9.84. The summed E-state index contributed by atoms with van der Waals surface area (Å²) < 4.78 is 10.4. The molecule has 0 saturated carbocycles. The Hall–Kier alpha value is -4.23. The molecule has 6 nitrogen and oxygen atoms in total. The number of thiophene rings is 1. The van der Waals surface area contributed by atoms with Gasteiger partial charge in [0.2, 0.25) is 0 Å². The van der Waals surface area contributed by atoms with E-state index < -0.39 is 11.9 Å². The van der Waals surface area contributed by atoms with E-state index in [-0.39, 0.29) is 11.8 Å². The number of ether oxygens (including phenoxy) is 2. The van der Waals surface area contributed by atoms with Crippen LogP contribution in [0.2, 0.25) is 0 Å². The van der Waals surface area contributed by atoms with Crippen molar-refractivity contribution < 1.29 is 23.9 Å². The molecule has 0 fully saturated rings. The van der Waals surface area contributed by atoms with Gasteiger partial charge in [-0.15, -0.1) is 11.3 Å². The molecule has 0 radical (unpaired) electrons. The zero-order chi connectivity index (χ0) is 24.8. The van der Waals surface area contributed by atoms with E-state index in [2.05, 4.69) is 5.32 Å². The predicted molar refractivity (Wildman–Crippen MR) is 135 cm³/mol. The van der Waals surface area contributed by atoms with Crippen LogP contribution in [0.5, 0.6) is 11.5 Å². The molecule has 1 heterocycles. The Balaban J connectivity index is 1.75. The Morgan fingerprint density at radius 3 is 1.74 bits per heavy atom. The van der Waals surface area contributed by atoms with Crippen LogP contribution in [0.25, 0.3) is 0 Å². The second-order valence-electron chi connectivity index (χ2n) is 7.78. The number of benzene rings is 3. The van der Waals surface area contributed by atoms with Gasteiger partial charge in [-0.25, -0.2) is 0 Å². The van der Waals surface area contributed by atoms with Gasteiger partial charge in [0.1, 0.15) is 11.5 Å². The molecule has 7 heteroatoms. The number of para-hydroxylation sites is 1. The van der Waals surface area contributed by atoms with Gasteiger partial charge in [0, 0.05) is 25.5 Å². The monoisotopic (exact) mass is 485 g/mol. The van der Waals surface area contributed by atoms with Crippen molar-refractivity contribution in [1.82, 2.24) is 0 Å². The quantitative estimate of drug-likeness (QED) is 0.196. The van der Waals surface area contributed by atoms with E-state index in [0.29, 0.717) is 22.1 Å². The average Bonchev–Trinajstić information content (AvgIpc) is 3.37. The molecule has 176 valence electrons. The molecule has 0 aliphatic rings. The lowest BCUT2D eigenvalue weighted by molar-refractivity contribution is -0.132. The minimum absolute atomic E-state index is 0.179. The minimum Gasteiger partial charge on any atom is -0.427 e. The highest BCUT2D eigenvalue weighted by molar-refractivity contribution is 7.12. The van der Waals surface area contributed by atoms with Crippen molar-refractivity contribution in [2.24, 2.45) is 0 Å². The number of hydrogen-bond donors (Lipinski definition) is 1. The Morgan fingerprint density at radius 2 is 1.26 bits per heavy atom. The molecular weight excluding hydrogens is 462 g/mol. The van der Waals surface area contributed by atoms with Crippen LogP contribution >= 0.6 is 11.3 Å². The molecule has 1 aromatic heterocycles. The zero-order valence-corrected chi connectivity index (χ0v) is 20.0. The fourth-order valence-electron chi connectivity index (χ4n) is 3.79. The van der Waals surface area contributed by atoms with Crippen LogP contribution in [0.4, 0.5) is 5.69 Å². The summed E-state index contributed by atoms with van der Waals surface area (Å²) in [7, 11) is 0. The third-order valence-electron chi connectivity index (χ3n) is 5.21. The van der Waals surface area contributed by atoms with E-state index >= 15 is 0 Å². The van der Waals surface area contributed by atoms with Crippen molar-refractivity contribution in [1.29, 1.82) is 0 Å². The lowest BCUT2D eigenvalue weighted by Gasteiger charge is -2.22. The number of carbonyl (C=O) groups is 3. The highest BCUT2D eigenvalue weighted by atomic mass is 32.1. The predicted octanol–water partition coefficient (Wildman–Crippen LogP) is 6.03. The first kappa shape index (κ1) is 23.9. The Labute approximate surface area is 207 Å². The summed E-state index contributed by atoms with van der Waals surface area (Å²) in [6.07, 6.45) is 0. The van der Waals surface area contributed by atoms with E-state index in [1.165, 1.54) is 25.2 Å². The topological polar surface area (TPSA) is 81.7 Å². The molecule has 0 atom stereocenters. The highest BCUT2D eigenvalue weighted by Crippen LogP contribution is 2.37. The van der Waals surface area contributed by atoms with Crippen LogP contribution in [0.1, 0.15) is 46.1 Å². The van der Waals surface area contributed by atoms with Crippen molar-refractivity contribution in [2.75, 3.05) is 5.32 Å². The first-order chi connectivity index (χ1) is 16.9. The van der Waals surface area contributed by atoms with Gasteiger partial charge in [0.25, 0.3) is 5.91 Å². The maximum absolute atomic E-state index is 12.8. The fourth-order valence-corrected chi connectivity index (χ4v) is 4.41. The lowest BCUT2D eigenvalue weighted by Crippen LogP contribution is -2.14. The van der Waals surface area contributed by atoms with Gasteiger partial charge >= 0.3 is 11.9 Å². The molecule has 0 bridgehead atoms. The summed E-state index contributed by atoms with van der Waals surface area (Å²) in [5.41, 5.74) is 3.43. The number of anilines is 1. The maximum Gasteiger partial charge on any atom is 0.308 e. The molecule has 0 saturated heterocycles. The van der Waals surface area contributed by atoms with Crippen molar-refractivity contribution in [3.8, 4) is 11.5 Å². The van der Waals surface area contributed by atoms with Gasteiger partial charge in [0.05, 0.1) is 4.88 Å². The van der Waals surface area contributed by atoms with Crippen molar-refractivity contribution >= 4 is 34.9 Å². The summed E-state index contributed by atoms with van der Waals surface area (Å²) in [5, 5.41) is 4.90. The van der Waals surface area contributed by atoms with Crippen molar-refractivity contribution in [3.63, 3.8) is 0 Å². The van der Waals surface area contributed by atoms with Gasteiger partial charge in [-0.3, -0.25) is 14.4 Å². The molecule has 0 aliphatic heterocycles. The Morgan fingerprint density at radius 1 is 0.714 bits per heavy atom. The normalized spacial score (nSPS) is 10.6. The number of carbonyl (C=O) groups excluding carboxylic acids is 3. The molecule has 1 amide bonds. The van der Waals surface area contributed by atoms with Gasteiger partial charge in [-0.05, 0) is 58.5 Å². The highest BCUT2D eigenvalue weighted by Gasteiger charge is 2.22. The number of nitrogens with one attached hydrogen (secondary N) is 1. The summed E-state index contributed by atoms with van der Waals surface area (Å²) in [5.74, 6) is -0.322. The zero-order valence-electron chi connectivity index (χ0n) is 19.2. The fraction of sp³-hybridized carbons (Fsp3) is 0.107. The molecule has 4 aromatic rings. The van der Waals surface area contributed by atoms with Crippen molar-refractivity contribution in [2.45, 2.75) is 19.8 Å². The van der Waals surface area contributed by atoms with Gasteiger partial charge in [0.15, 0.2) is 0 Å². The molecule has 0 aliphatic carbocycles. The average molecular weight is 486 g/mol. The Kier molecular flexibility index (Phi) is 7.38. The number of rotatable bonds is 7. The number of esters is 2. The van der Waals surface area contributed by atoms with Gasteiger partial charge in [-0.1, -0.05) is 48.5 Å². The van der Waals surface area contributed by atoms with Crippen molar-refractivity contribution in [3.05, 3.63) is 112 Å². The summed E-state index contributed by atoms with van der Waals surface area (Å²) in [6, 6.07) is 25.8. The largest absolute Gasteiger partial charge is 0.427 e. The molecule has 35 heavy (non-hydrogen) atoms. The van der Waals surface area contributed by atoms with Crippen LogP contribution in [-0.2, 0) is 9.59 Å². The molecule has 3 aromatic carbocycles. The molecule has 0 spiro atoms. The van der Waals surface area contributed by atoms with E-state index in [1.807, 2.05) is 60.0 Å².